The van der Waals surface area contributed by atoms with Gasteiger partial charge in [0.2, 0.25) is 0 Å². The van der Waals surface area contributed by atoms with E-state index in [1.165, 1.54) is 32.6 Å². The van der Waals surface area contributed by atoms with Gasteiger partial charge in [-0.25, -0.2) is 0 Å². The van der Waals surface area contributed by atoms with Gasteiger partial charge < -0.3 is 0 Å². The molecule has 0 aliphatic heterocycles. The van der Waals surface area contributed by atoms with Crippen LogP contribution in [0.5, 0.6) is 0 Å². The third-order valence-corrected chi connectivity index (χ3v) is 6.77. The van der Waals surface area contributed by atoms with Crippen LogP contribution in [0.15, 0.2) is 91.0 Å². The number of hydrogen-bond donors (Lipinski definition) is 0. The molecule has 0 spiro atoms. The Morgan fingerprint density at radius 1 is 0.435 bits per heavy atom. The standard InChI is InChI=1S/3C7H7.Mn.H3P/c3*1-7-5-3-2-4-6-7;;/h3*2-6H,1H2;;1H3. The number of benzene rings is 3. The summed E-state index contributed by atoms with van der Waals surface area (Å²) >= 11 is -0.527. The summed E-state index contributed by atoms with van der Waals surface area (Å²) in [5, 5.41) is 3.70. The van der Waals surface area contributed by atoms with Crippen molar-refractivity contribution in [2.24, 2.45) is 0 Å². The average Bonchev–Trinajstić information content (AvgIpc) is 2.57. The van der Waals surface area contributed by atoms with Gasteiger partial charge in [-0.1, -0.05) is 0 Å². The van der Waals surface area contributed by atoms with Crippen molar-refractivity contribution in [3.8, 4) is 0 Å². The fourth-order valence-corrected chi connectivity index (χ4v) is 5.82. The molecule has 2 heteroatoms. The molecule has 23 heavy (non-hydrogen) atoms. The summed E-state index contributed by atoms with van der Waals surface area (Å²) in [7, 11) is 0. The van der Waals surface area contributed by atoms with Crippen LogP contribution in [0.2, 0.25) is 0 Å². The molecule has 0 aliphatic carbocycles. The summed E-state index contributed by atoms with van der Waals surface area (Å²) in [6.07, 6.45) is 0. The molecule has 0 aliphatic rings. The van der Waals surface area contributed by atoms with Gasteiger partial charge in [-0.05, 0) is 0 Å². The summed E-state index contributed by atoms with van der Waals surface area (Å²) in [5.41, 5.74) is 4.43. The van der Waals surface area contributed by atoms with Crippen LogP contribution >= 0.6 is 9.90 Å². The van der Waals surface area contributed by atoms with E-state index >= 15 is 0 Å². The maximum absolute atomic E-state index is 2.27. The molecule has 0 N–H and O–H groups in total. The van der Waals surface area contributed by atoms with Crippen molar-refractivity contribution in [3.63, 3.8) is 0 Å². The Bertz CT molecular complexity index is 569. The van der Waals surface area contributed by atoms with Crippen molar-refractivity contribution in [1.82, 2.24) is 0 Å². The van der Waals surface area contributed by atoms with Crippen molar-refractivity contribution >= 4 is 9.90 Å². The van der Waals surface area contributed by atoms with E-state index in [0.29, 0.717) is 0 Å². The van der Waals surface area contributed by atoms with Gasteiger partial charge >= 0.3 is 138 Å². The maximum atomic E-state index is 2.27. The van der Waals surface area contributed by atoms with Crippen molar-refractivity contribution in [2.75, 3.05) is 0 Å². The minimum absolute atomic E-state index is 0. The van der Waals surface area contributed by atoms with Crippen molar-refractivity contribution in [1.29, 1.82) is 0 Å². The molecule has 3 aromatic carbocycles. The first-order valence-corrected chi connectivity index (χ1v) is 10.1. The quantitative estimate of drug-likeness (QED) is 0.414. The molecule has 0 fully saturated rings. The van der Waals surface area contributed by atoms with Gasteiger partial charge in [-0.3, -0.25) is 0 Å². The normalized spacial score (nSPS) is 10.7. The van der Waals surface area contributed by atoms with Gasteiger partial charge in [0.15, 0.2) is 0 Å². The zero-order chi connectivity index (χ0) is 15.0. The predicted molar refractivity (Wildman–Crippen MR) is 102 cm³/mol. The van der Waals surface area contributed by atoms with Crippen LogP contribution in [0.3, 0.4) is 0 Å². The van der Waals surface area contributed by atoms with Crippen LogP contribution in [0.4, 0.5) is 0 Å². The Morgan fingerprint density at radius 3 is 0.957 bits per heavy atom. The van der Waals surface area contributed by atoms with E-state index in [9.17, 15) is 0 Å². The van der Waals surface area contributed by atoms with Crippen molar-refractivity contribution in [2.45, 2.75) is 16.0 Å². The Balaban J connectivity index is 0.00000192. The fraction of sp³-hybridized carbons (Fsp3) is 0.143. The van der Waals surface area contributed by atoms with Crippen LogP contribution < -0.4 is 0 Å². The van der Waals surface area contributed by atoms with E-state index in [0.717, 1.165) is 0 Å². The van der Waals surface area contributed by atoms with Gasteiger partial charge in [0.25, 0.3) is 0 Å². The molecule has 0 saturated heterocycles. The van der Waals surface area contributed by atoms with Crippen LogP contribution in [-0.2, 0) is 29.9 Å². The summed E-state index contributed by atoms with van der Waals surface area (Å²) in [6, 6.07) is 32.8. The molecule has 3 aromatic rings. The monoisotopic (exact) mass is 362 g/mol. The Morgan fingerprint density at radius 2 is 0.696 bits per heavy atom. The van der Waals surface area contributed by atoms with Gasteiger partial charge in [0.05, 0.1) is 0 Å². The molecule has 1 unspecified atom stereocenters. The number of hydrogen-bond acceptors (Lipinski definition) is 0. The molecule has 0 nitrogen and oxygen atoms in total. The van der Waals surface area contributed by atoms with E-state index in [1.54, 1.807) is 0 Å². The summed E-state index contributed by atoms with van der Waals surface area (Å²) in [6.45, 7) is 0. The molecule has 0 aromatic heterocycles. The fourth-order valence-electron chi connectivity index (χ4n) is 2.50. The van der Waals surface area contributed by atoms with Gasteiger partial charge in [-0.2, -0.15) is 9.90 Å². The summed E-state index contributed by atoms with van der Waals surface area (Å²) in [4.78, 5) is 0. The molecule has 3 rings (SSSR count). The molecule has 0 heterocycles. The molecule has 0 radical (unpaired) electrons. The second-order valence-electron chi connectivity index (χ2n) is 5.42. The summed E-state index contributed by atoms with van der Waals surface area (Å²) in [5.74, 6) is 0. The number of rotatable bonds is 6. The average molecular weight is 362 g/mol. The third kappa shape index (κ3) is 5.96. The second kappa shape index (κ2) is 9.68. The first kappa shape index (κ1) is 18.0. The van der Waals surface area contributed by atoms with E-state index < -0.39 is 13.9 Å². The SMILES string of the molecule is P.c1ccc([CH2][Mn]([CH2]c2ccccc2)[CH2]c2ccccc2)cc1. The molecule has 1 atom stereocenters. The van der Waals surface area contributed by atoms with Crippen LogP contribution in [0.1, 0.15) is 16.7 Å². The van der Waals surface area contributed by atoms with Gasteiger partial charge in [0.1, 0.15) is 0 Å². The molecule has 120 valence electrons. The third-order valence-electron chi connectivity index (χ3n) is 3.56. The van der Waals surface area contributed by atoms with E-state index in [1.807, 2.05) is 0 Å². The van der Waals surface area contributed by atoms with Crippen LogP contribution in [0, 0.1) is 0 Å². The van der Waals surface area contributed by atoms with Crippen molar-refractivity contribution in [3.05, 3.63) is 108 Å². The first-order valence-electron chi connectivity index (χ1n) is 7.59. The van der Waals surface area contributed by atoms with E-state index in [-0.39, 0.29) is 9.90 Å². The van der Waals surface area contributed by atoms with Crippen molar-refractivity contribution < 1.29 is 13.9 Å². The van der Waals surface area contributed by atoms with E-state index in [2.05, 4.69) is 91.0 Å². The first-order chi connectivity index (χ1) is 10.9. The zero-order valence-electron chi connectivity index (χ0n) is 13.4. The molecular weight excluding hydrogens is 338 g/mol. The van der Waals surface area contributed by atoms with Gasteiger partial charge in [0, 0.05) is 0 Å². The second-order valence-corrected chi connectivity index (χ2v) is 8.45. The van der Waals surface area contributed by atoms with Gasteiger partial charge in [-0.15, -0.1) is 0 Å². The van der Waals surface area contributed by atoms with E-state index in [4.69, 9.17) is 0 Å². The Kier molecular flexibility index (Phi) is 7.56. The molecule has 0 amide bonds. The molecule has 0 saturated carbocycles. The minimum atomic E-state index is -0.527. The Labute approximate surface area is 147 Å². The molecule has 0 bridgehead atoms. The topological polar surface area (TPSA) is 0 Å². The zero-order valence-corrected chi connectivity index (χ0v) is 16.0. The van der Waals surface area contributed by atoms with Crippen LogP contribution in [0.25, 0.3) is 0 Å². The Hall–Kier alpha value is -1.39. The molecular formula is C21H24MnP. The summed E-state index contributed by atoms with van der Waals surface area (Å²) < 4.78 is 0. The predicted octanol–water partition coefficient (Wildman–Crippen LogP) is 5.26. The van der Waals surface area contributed by atoms with Crippen LogP contribution in [-0.4, -0.2) is 0 Å².